The minimum Gasteiger partial charge on any atom is -0.309 e. The zero-order chi connectivity index (χ0) is 35.0. The molecule has 0 fully saturated rings. The van der Waals surface area contributed by atoms with E-state index in [1.54, 1.807) is 0 Å². The first-order valence-corrected chi connectivity index (χ1v) is 18.1. The first kappa shape index (κ1) is 31.2. The second-order valence-corrected chi connectivity index (χ2v) is 14.6. The zero-order valence-corrected chi connectivity index (χ0v) is 30.3. The van der Waals surface area contributed by atoms with E-state index in [0.29, 0.717) is 0 Å². The zero-order valence-electron chi connectivity index (χ0n) is 30.3. The first-order valence-electron chi connectivity index (χ1n) is 18.1. The molecule has 7 aromatic carbocycles. The van der Waals surface area contributed by atoms with Crippen LogP contribution in [0.1, 0.15) is 33.4 Å². The molecule has 9 rings (SSSR count). The smallest absolute Gasteiger partial charge is 0.242 e. The summed E-state index contributed by atoms with van der Waals surface area (Å²) in [5, 5.41) is 5.08. The maximum absolute atomic E-state index is 2.49. The molecule has 0 aliphatic rings. The third-order valence-corrected chi connectivity index (χ3v) is 11.0. The topological polar surface area (TPSA) is 9.86 Å². The molecule has 0 radical (unpaired) electrons. The molecule has 0 aliphatic heterocycles. The molecule has 0 N–H and O–H groups in total. The molecule has 246 valence electrons. The molecular formula is C48H41BN2. The molecule has 0 saturated carbocycles. The van der Waals surface area contributed by atoms with Crippen LogP contribution in [0.2, 0.25) is 0 Å². The van der Waals surface area contributed by atoms with Crippen molar-refractivity contribution >= 4 is 66.7 Å². The van der Waals surface area contributed by atoms with Crippen molar-refractivity contribution in [3.8, 4) is 11.4 Å². The van der Waals surface area contributed by atoms with Crippen molar-refractivity contribution in [2.45, 2.75) is 41.5 Å². The second kappa shape index (κ2) is 11.9. The normalized spacial score (nSPS) is 11.7. The van der Waals surface area contributed by atoms with Crippen LogP contribution in [0.3, 0.4) is 0 Å². The molecule has 3 heteroatoms. The lowest BCUT2D eigenvalue weighted by Crippen LogP contribution is -2.55. The molecule has 51 heavy (non-hydrogen) atoms. The van der Waals surface area contributed by atoms with Gasteiger partial charge in [0.15, 0.2) is 0 Å². The lowest BCUT2D eigenvalue weighted by molar-refractivity contribution is 1.17. The number of nitrogens with zero attached hydrogens (tertiary/aromatic N) is 2. The summed E-state index contributed by atoms with van der Waals surface area (Å²) < 4.78 is 4.91. The Balaban J connectivity index is 1.35. The third kappa shape index (κ3) is 4.94. The van der Waals surface area contributed by atoms with Crippen LogP contribution in [0.5, 0.6) is 0 Å². The average Bonchev–Trinajstić information content (AvgIpc) is 3.61. The quantitative estimate of drug-likeness (QED) is 0.163. The van der Waals surface area contributed by atoms with E-state index in [1.165, 1.54) is 105 Å². The third-order valence-electron chi connectivity index (χ3n) is 11.0. The van der Waals surface area contributed by atoms with Crippen molar-refractivity contribution in [2.75, 3.05) is 0 Å². The van der Waals surface area contributed by atoms with Gasteiger partial charge in [0.2, 0.25) is 6.71 Å². The van der Waals surface area contributed by atoms with Crippen LogP contribution in [-0.2, 0) is 0 Å². The summed E-state index contributed by atoms with van der Waals surface area (Å²) in [5.74, 6) is 0. The highest BCUT2D eigenvalue weighted by molar-refractivity contribution is 6.96. The lowest BCUT2D eigenvalue weighted by Gasteiger charge is -2.25. The van der Waals surface area contributed by atoms with Crippen molar-refractivity contribution in [3.05, 3.63) is 173 Å². The van der Waals surface area contributed by atoms with E-state index < -0.39 is 0 Å². The Morgan fingerprint density at radius 2 is 0.804 bits per heavy atom. The molecule has 2 heterocycles. The Labute approximate surface area is 300 Å². The molecule has 9 aromatic rings. The predicted octanol–water partition coefficient (Wildman–Crippen LogP) is 10.2. The second-order valence-electron chi connectivity index (χ2n) is 14.6. The number of rotatable bonds is 5. The number of hydrogen-bond donors (Lipinski definition) is 0. The number of aromatic nitrogens is 2. The van der Waals surface area contributed by atoms with Gasteiger partial charge < -0.3 is 9.13 Å². The number of aryl methyl sites for hydroxylation is 6. The van der Waals surface area contributed by atoms with Crippen LogP contribution in [0.15, 0.2) is 140 Å². The fourth-order valence-corrected chi connectivity index (χ4v) is 9.18. The summed E-state index contributed by atoms with van der Waals surface area (Å²) in [6, 6.07) is 52.0. The predicted molar refractivity (Wildman–Crippen MR) is 221 cm³/mol. The molecule has 2 nitrogen and oxygen atoms in total. The average molecular weight is 657 g/mol. The highest BCUT2D eigenvalue weighted by Gasteiger charge is 2.29. The molecule has 0 saturated heterocycles. The number of para-hydroxylation sites is 3. The van der Waals surface area contributed by atoms with Crippen molar-refractivity contribution in [1.82, 2.24) is 9.13 Å². The molecule has 0 unspecified atom stereocenters. The number of hydrogen-bond acceptors (Lipinski definition) is 0. The molecule has 0 atom stereocenters. The van der Waals surface area contributed by atoms with Gasteiger partial charge in [-0.3, -0.25) is 0 Å². The standard InChI is InChI=1S/C48H41BN2/c1-30-23-32(3)47(33(4)24-30)49(48-34(5)25-31(2)26-35(48)6)36-15-14-18-38(27-36)51-44-22-13-11-20-40(44)42-28-41-39-19-10-12-21-43(39)50(45(41)29-46(42)51)37-16-8-7-9-17-37/h7-29H,1-6H3. The molecule has 0 spiro atoms. The highest BCUT2D eigenvalue weighted by atomic mass is 15.0. The van der Waals surface area contributed by atoms with Crippen LogP contribution in [0, 0.1) is 41.5 Å². The maximum atomic E-state index is 2.49. The van der Waals surface area contributed by atoms with Gasteiger partial charge in [-0.05, 0) is 90.1 Å². The molecular weight excluding hydrogens is 615 g/mol. The van der Waals surface area contributed by atoms with Crippen molar-refractivity contribution < 1.29 is 0 Å². The molecule has 2 aromatic heterocycles. The van der Waals surface area contributed by atoms with E-state index in [0.717, 1.165) is 0 Å². The monoisotopic (exact) mass is 656 g/mol. The Bertz CT molecular complexity index is 2710. The fraction of sp³-hybridized carbons (Fsp3) is 0.125. The van der Waals surface area contributed by atoms with Crippen LogP contribution in [0.4, 0.5) is 0 Å². The Kier molecular flexibility index (Phi) is 7.29. The minimum atomic E-state index is 0.103. The largest absolute Gasteiger partial charge is 0.309 e. The van der Waals surface area contributed by atoms with Gasteiger partial charge in [0, 0.05) is 32.9 Å². The van der Waals surface area contributed by atoms with Gasteiger partial charge in [-0.15, -0.1) is 0 Å². The van der Waals surface area contributed by atoms with E-state index >= 15 is 0 Å². The highest BCUT2D eigenvalue weighted by Crippen LogP contribution is 2.39. The van der Waals surface area contributed by atoms with Crippen molar-refractivity contribution in [2.24, 2.45) is 0 Å². The molecule has 0 aliphatic carbocycles. The van der Waals surface area contributed by atoms with Gasteiger partial charge in [-0.2, -0.15) is 0 Å². The minimum absolute atomic E-state index is 0.103. The van der Waals surface area contributed by atoms with Gasteiger partial charge in [-0.1, -0.05) is 141 Å². The maximum Gasteiger partial charge on any atom is 0.242 e. The summed E-state index contributed by atoms with van der Waals surface area (Å²) >= 11 is 0. The Hall–Kier alpha value is -5.80. The van der Waals surface area contributed by atoms with Gasteiger partial charge in [0.25, 0.3) is 0 Å². The van der Waals surface area contributed by atoms with Crippen LogP contribution in [0.25, 0.3) is 55.0 Å². The summed E-state index contributed by atoms with van der Waals surface area (Å²) in [6.45, 7) is 13.7. The van der Waals surface area contributed by atoms with Crippen molar-refractivity contribution in [1.29, 1.82) is 0 Å². The number of benzene rings is 7. The van der Waals surface area contributed by atoms with Gasteiger partial charge in [0.05, 0.1) is 22.1 Å². The summed E-state index contributed by atoms with van der Waals surface area (Å²) in [6.07, 6.45) is 0. The van der Waals surface area contributed by atoms with Crippen molar-refractivity contribution in [3.63, 3.8) is 0 Å². The van der Waals surface area contributed by atoms with Gasteiger partial charge in [-0.25, -0.2) is 0 Å². The van der Waals surface area contributed by atoms with Gasteiger partial charge in [0.1, 0.15) is 0 Å². The summed E-state index contributed by atoms with van der Waals surface area (Å²) in [5.41, 5.74) is 19.3. The van der Waals surface area contributed by atoms with E-state index in [4.69, 9.17) is 0 Å². The van der Waals surface area contributed by atoms with Gasteiger partial charge >= 0.3 is 0 Å². The van der Waals surface area contributed by atoms with Crippen LogP contribution >= 0.6 is 0 Å². The van der Waals surface area contributed by atoms with E-state index in [1.807, 2.05) is 0 Å². The molecule has 0 amide bonds. The van der Waals surface area contributed by atoms with E-state index in [9.17, 15) is 0 Å². The number of fused-ring (bicyclic) bond motifs is 6. The SMILES string of the molecule is Cc1cc(C)c(B(c2cccc(-n3c4ccccc4c4cc5c6ccccc6n(-c6ccccc6)c5cc43)c2)c2c(C)cc(C)cc2C)c(C)c1. The first-order chi connectivity index (χ1) is 24.8. The van der Waals surface area contributed by atoms with Crippen LogP contribution < -0.4 is 16.4 Å². The summed E-state index contributed by atoms with van der Waals surface area (Å²) in [7, 11) is 0. The van der Waals surface area contributed by atoms with E-state index in [-0.39, 0.29) is 6.71 Å². The lowest BCUT2D eigenvalue weighted by atomic mass is 9.34. The van der Waals surface area contributed by atoms with E-state index in [2.05, 4.69) is 190 Å². The van der Waals surface area contributed by atoms with Crippen LogP contribution in [-0.4, -0.2) is 15.8 Å². The molecule has 0 bridgehead atoms. The fourth-order valence-electron chi connectivity index (χ4n) is 9.18. The summed E-state index contributed by atoms with van der Waals surface area (Å²) in [4.78, 5) is 0. The Morgan fingerprint density at radius 1 is 0.353 bits per heavy atom. The Morgan fingerprint density at radius 3 is 1.33 bits per heavy atom.